The fourth-order valence-corrected chi connectivity index (χ4v) is 0.860. The van der Waals surface area contributed by atoms with Crippen LogP contribution in [0.25, 0.3) is 0 Å². The minimum absolute atomic E-state index is 0.0666. The number of carbonyl (C=O) groups excluding carboxylic acids is 1. The highest BCUT2D eigenvalue weighted by atomic mass is 19.1. The van der Waals surface area contributed by atoms with Gasteiger partial charge in [0, 0.05) is 0 Å². The number of aldehydes is 1. The normalized spacial score (nSPS) is 9.62. The quantitative estimate of drug-likeness (QED) is 0.673. The van der Waals surface area contributed by atoms with Crippen molar-refractivity contribution in [3.05, 3.63) is 29.1 Å². The van der Waals surface area contributed by atoms with Gasteiger partial charge in [-0.15, -0.1) is 0 Å². The number of aromatic hydroxyl groups is 1. The molecular formula is C8H5FO4. The van der Waals surface area contributed by atoms with Gasteiger partial charge in [0.2, 0.25) is 0 Å². The largest absolute Gasteiger partial charge is 0.507 e. The molecule has 0 aliphatic carbocycles. The number of carbonyl (C=O) groups is 2. The van der Waals surface area contributed by atoms with Crippen molar-refractivity contribution in [3.8, 4) is 5.75 Å². The summed E-state index contributed by atoms with van der Waals surface area (Å²) in [6.45, 7) is 0. The van der Waals surface area contributed by atoms with Crippen LogP contribution in [-0.4, -0.2) is 22.5 Å². The van der Waals surface area contributed by atoms with E-state index in [4.69, 9.17) is 10.2 Å². The van der Waals surface area contributed by atoms with Crippen LogP contribution in [0.3, 0.4) is 0 Å². The van der Waals surface area contributed by atoms with Crippen LogP contribution in [-0.2, 0) is 0 Å². The number of phenols is 1. The molecule has 0 atom stereocenters. The first-order valence-corrected chi connectivity index (χ1v) is 3.28. The highest BCUT2D eigenvalue weighted by Gasteiger charge is 2.16. The standard InChI is InChI=1S/C8H5FO4/c9-7-4(8(12)13)1-2-6(11)5(7)3-10/h1-3,11H,(H,12,13). The molecule has 0 aliphatic rings. The molecule has 1 rings (SSSR count). The van der Waals surface area contributed by atoms with E-state index in [0.29, 0.717) is 0 Å². The van der Waals surface area contributed by atoms with E-state index in [1.807, 2.05) is 0 Å². The van der Waals surface area contributed by atoms with Crippen LogP contribution in [0.1, 0.15) is 20.7 Å². The molecule has 0 spiro atoms. The molecule has 1 aromatic rings. The molecule has 0 amide bonds. The van der Waals surface area contributed by atoms with E-state index in [2.05, 4.69) is 0 Å². The molecule has 4 nitrogen and oxygen atoms in total. The van der Waals surface area contributed by atoms with Crippen LogP contribution < -0.4 is 0 Å². The Balaban J connectivity index is 3.44. The zero-order valence-electron chi connectivity index (χ0n) is 6.32. The summed E-state index contributed by atoms with van der Waals surface area (Å²) in [5.41, 5.74) is -1.28. The summed E-state index contributed by atoms with van der Waals surface area (Å²) < 4.78 is 13.0. The van der Waals surface area contributed by atoms with Crippen molar-refractivity contribution in [2.24, 2.45) is 0 Å². The second-order valence-electron chi connectivity index (χ2n) is 2.28. The van der Waals surface area contributed by atoms with Crippen LogP contribution in [0.5, 0.6) is 5.75 Å². The molecule has 0 fully saturated rings. The van der Waals surface area contributed by atoms with Crippen LogP contribution in [0.2, 0.25) is 0 Å². The smallest absolute Gasteiger partial charge is 0.338 e. The highest BCUT2D eigenvalue weighted by Crippen LogP contribution is 2.21. The monoisotopic (exact) mass is 184 g/mol. The molecule has 13 heavy (non-hydrogen) atoms. The molecule has 5 heteroatoms. The van der Waals surface area contributed by atoms with Crippen LogP contribution in [0, 0.1) is 5.82 Å². The van der Waals surface area contributed by atoms with Gasteiger partial charge in [0.05, 0.1) is 11.1 Å². The lowest BCUT2D eigenvalue weighted by Gasteiger charge is -2.01. The lowest BCUT2D eigenvalue weighted by Crippen LogP contribution is -2.03. The molecule has 0 radical (unpaired) electrons. The van der Waals surface area contributed by atoms with Gasteiger partial charge in [-0.1, -0.05) is 0 Å². The number of phenolic OH excluding ortho intramolecular Hbond substituents is 1. The molecular weight excluding hydrogens is 179 g/mol. The number of hydrogen-bond donors (Lipinski definition) is 2. The van der Waals surface area contributed by atoms with Gasteiger partial charge in [-0.2, -0.15) is 0 Å². The minimum Gasteiger partial charge on any atom is -0.507 e. The van der Waals surface area contributed by atoms with Crippen LogP contribution in [0.15, 0.2) is 12.1 Å². The van der Waals surface area contributed by atoms with Gasteiger partial charge in [0.15, 0.2) is 12.1 Å². The van der Waals surface area contributed by atoms with E-state index < -0.39 is 28.7 Å². The molecule has 2 N–H and O–H groups in total. The number of carboxylic acid groups (broad SMARTS) is 1. The van der Waals surface area contributed by atoms with Crippen LogP contribution in [0.4, 0.5) is 4.39 Å². The Labute approximate surface area is 72.2 Å². The summed E-state index contributed by atoms with van der Waals surface area (Å²) in [4.78, 5) is 20.6. The molecule has 0 heterocycles. The zero-order valence-corrected chi connectivity index (χ0v) is 6.32. The summed E-state index contributed by atoms with van der Waals surface area (Å²) in [6.07, 6.45) is 0.0666. The third-order valence-electron chi connectivity index (χ3n) is 1.51. The van der Waals surface area contributed by atoms with E-state index in [-0.39, 0.29) is 6.29 Å². The van der Waals surface area contributed by atoms with E-state index >= 15 is 0 Å². The van der Waals surface area contributed by atoms with Gasteiger partial charge in [0.1, 0.15) is 5.75 Å². The maximum atomic E-state index is 13.0. The molecule has 68 valence electrons. The Hall–Kier alpha value is -1.91. The molecule has 0 aliphatic heterocycles. The van der Waals surface area contributed by atoms with Crippen molar-refractivity contribution in [2.45, 2.75) is 0 Å². The lowest BCUT2D eigenvalue weighted by molar-refractivity contribution is 0.0692. The Morgan fingerprint density at radius 3 is 2.54 bits per heavy atom. The average molecular weight is 184 g/mol. The number of halogens is 1. The Bertz CT molecular complexity index is 373. The highest BCUT2D eigenvalue weighted by molar-refractivity contribution is 5.91. The second-order valence-corrected chi connectivity index (χ2v) is 2.28. The Kier molecular flexibility index (Phi) is 2.27. The maximum absolute atomic E-state index is 13.0. The lowest BCUT2D eigenvalue weighted by atomic mass is 10.1. The van der Waals surface area contributed by atoms with Crippen LogP contribution >= 0.6 is 0 Å². The summed E-state index contributed by atoms with van der Waals surface area (Å²) in [7, 11) is 0. The van der Waals surface area contributed by atoms with E-state index in [1.54, 1.807) is 0 Å². The van der Waals surface area contributed by atoms with E-state index in [1.165, 1.54) is 0 Å². The number of benzene rings is 1. The first-order chi connectivity index (χ1) is 6.07. The summed E-state index contributed by atoms with van der Waals surface area (Å²) in [6, 6.07) is 1.84. The Morgan fingerprint density at radius 2 is 2.08 bits per heavy atom. The first kappa shape index (κ1) is 9.18. The molecule has 0 saturated heterocycles. The Morgan fingerprint density at radius 1 is 1.46 bits per heavy atom. The van der Waals surface area contributed by atoms with Crippen molar-refractivity contribution >= 4 is 12.3 Å². The van der Waals surface area contributed by atoms with Gasteiger partial charge in [-0.25, -0.2) is 9.18 Å². The predicted octanol–water partition coefficient (Wildman–Crippen LogP) is 1.04. The summed E-state index contributed by atoms with van der Waals surface area (Å²) in [5.74, 6) is -3.28. The third-order valence-corrected chi connectivity index (χ3v) is 1.51. The number of hydrogen-bond acceptors (Lipinski definition) is 3. The molecule has 1 aromatic carbocycles. The second kappa shape index (κ2) is 3.22. The van der Waals surface area contributed by atoms with Crippen molar-refractivity contribution < 1.29 is 24.2 Å². The third kappa shape index (κ3) is 1.48. The van der Waals surface area contributed by atoms with Gasteiger partial charge in [0.25, 0.3) is 0 Å². The minimum atomic E-state index is -1.49. The van der Waals surface area contributed by atoms with Gasteiger partial charge in [-0.05, 0) is 12.1 Å². The predicted molar refractivity (Wildman–Crippen MR) is 40.4 cm³/mol. The van der Waals surface area contributed by atoms with Gasteiger partial charge < -0.3 is 10.2 Å². The van der Waals surface area contributed by atoms with Gasteiger partial charge >= 0.3 is 5.97 Å². The number of aromatic carboxylic acids is 1. The van der Waals surface area contributed by atoms with E-state index in [9.17, 15) is 14.0 Å². The van der Waals surface area contributed by atoms with Crippen molar-refractivity contribution in [1.29, 1.82) is 0 Å². The van der Waals surface area contributed by atoms with Crippen molar-refractivity contribution in [3.63, 3.8) is 0 Å². The first-order valence-electron chi connectivity index (χ1n) is 3.28. The molecule has 0 aromatic heterocycles. The molecule has 0 unspecified atom stereocenters. The topological polar surface area (TPSA) is 74.6 Å². The van der Waals surface area contributed by atoms with E-state index in [0.717, 1.165) is 12.1 Å². The fraction of sp³-hybridized carbons (Fsp3) is 0. The fourth-order valence-electron chi connectivity index (χ4n) is 0.860. The van der Waals surface area contributed by atoms with Crippen molar-refractivity contribution in [2.75, 3.05) is 0 Å². The average Bonchev–Trinajstić information content (AvgIpc) is 2.04. The maximum Gasteiger partial charge on any atom is 0.338 e. The summed E-state index contributed by atoms with van der Waals surface area (Å²) in [5, 5.41) is 17.4. The molecule has 0 saturated carbocycles. The summed E-state index contributed by atoms with van der Waals surface area (Å²) >= 11 is 0. The molecule has 0 bridgehead atoms. The SMILES string of the molecule is O=Cc1c(O)ccc(C(=O)O)c1F. The number of rotatable bonds is 2. The van der Waals surface area contributed by atoms with Gasteiger partial charge in [-0.3, -0.25) is 4.79 Å². The number of carboxylic acids is 1. The van der Waals surface area contributed by atoms with Crippen molar-refractivity contribution in [1.82, 2.24) is 0 Å². The zero-order chi connectivity index (χ0) is 10.0.